The molecule has 4 aromatic rings. The molecule has 9 nitrogen and oxygen atoms in total. The predicted molar refractivity (Wildman–Crippen MR) is 165 cm³/mol. The van der Waals surface area contributed by atoms with E-state index in [4.69, 9.17) is 48.5 Å². The molecule has 11 heteroatoms. The second kappa shape index (κ2) is 12.1. The number of nitrogens with two attached hydrogens (primary N) is 1. The number of carbonyl (C=O) groups excluding carboxylic acids is 1. The number of primary amides is 1. The van der Waals surface area contributed by atoms with Gasteiger partial charge in [-0.1, -0.05) is 60.5 Å². The van der Waals surface area contributed by atoms with Gasteiger partial charge in [-0.05, 0) is 44.0 Å². The number of anilines is 1. The zero-order chi connectivity index (χ0) is 30.1. The van der Waals surface area contributed by atoms with Crippen molar-refractivity contribution < 1.29 is 19.4 Å². The minimum absolute atomic E-state index is 0.0348. The van der Waals surface area contributed by atoms with Gasteiger partial charge in [0.1, 0.15) is 23.7 Å². The number of halogens is 2. The third-order valence-corrected chi connectivity index (χ3v) is 7.89. The first-order chi connectivity index (χ1) is 20.0. The maximum atomic E-state index is 12.5. The Hall–Kier alpha value is -3.37. The molecule has 5 rings (SSSR count). The number of fused-ring (bicyclic) bond motifs is 1. The number of ether oxygens (including phenoxy) is 2. The minimum atomic E-state index is -1.07. The van der Waals surface area contributed by atoms with Gasteiger partial charge in [0.05, 0.1) is 16.2 Å². The summed E-state index contributed by atoms with van der Waals surface area (Å²) in [5.41, 5.74) is 7.28. The zero-order valence-corrected chi connectivity index (χ0v) is 25.5. The summed E-state index contributed by atoms with van der Waals surface area (Å²) in [4.78, 5) is 19.5. The number of rotatable bonds is 10. The fraction of sp³-hybridized carbons (Fsp3) is 0.387. The molecule has 3 heterocycles. The van der Waals surface area contributed by atoms with Crippen LogP contribution in [0.1, 0.15) is 40.0 Å². The topological polar surface area (TPSA) is 115 Å². The highest BCUT2D eigenvalue weighted by Gasteiger charge is 2.41. The van der Waals surface area contributed by atoms with Gasteiger partial charge in [-0.15, -0.1) is 0 Å². The van der Waals surface area contributed by atoms with E-state index in [1.165, 1.54) is 0 Å². The van der Waals surface area contributed by atoms with Gasteiger partial charge < -0.3 is 25.2 Å². The molecule has 222 valence electrons. The van der Waals surface area contributed by atoms with Crippen LogP contribution in [0.3, 0.4) is 0 Å². The van der Waals surface area contributed by atoms with Crippen LogP contribution in [0.5, 0.6) is 5.88 Å². The fourth-order valence-corrected chi connectivity index (χ4v) is 5.46. The summed E-state index contributed by atoms with van der Waals surface area (Å²) in [6, 6.07) is 16.8. The van der Waals surface area contributed by atoms with Crippen LogP contribution in [-0.2, 0) is 9.53 Å². The number of carbonyl (C=O) groups is 1. The van der Waals surface area contributed by atoms with Crippen LogP contribution in [0.4, 0.5) is 5.82 Å². The number of amides is 1. The lowest BCUT2D eigenvalue weighted by Crippen LogP contribution is -2.54. The Morgan fingerprint density at radius 3 is 2.43 bits per heavy atom. The largest absolute Gasteiger partial charge is 0.474 e. The number of hydrogen-bond donors (Lipinski definition) is 2. The van der Waals surface area contributed by atoms with Crippen LogP contribution in [0, 0.1) is 0 Å². The van der Waals surface area contributed by atoms with Crippen molar-refractivity contribution in [3.05, 3.63) is 64.6 Å². The molecule has 1 fully saturated rings. The zero-order valence-electron chi connectivity index (χ0n) is 23.9. The SMILES string of the molecule is CCCOC1(C(N)=O)CCN(c2cc(OCC(C)(C)O)nc3c(-c4ccc(Cl)cc4)c(-c4ccccc4Cl)nn23)CC1. The van der Waals surface area contributed by atoms with Crippen LogP contribution < -0.4 is 15.4 Å². The van der Waals surface area contributed by atoms with Crippen molar-refractivity contribution in [3.8, 4) is 28.3 Å². The molecular formula is C31H35Cl2N5O4. The molecule has 0 unspecified atom stereocenters. The van der Waals surface area contributed by atoms with Gasteiger partial charge in [0.2, 0.25) is 11.8 Å². The first-order valence-corrected chi connectivity index (χ1v) is 14.8. The molecule has 3 N–H and O–H groups in total. The van der Waals surface area contributed by atoms with Crippen molar-refractivity contribution in [3.63, 3.8) is 0 Å². The van der Waals surface area contributed by atoms with Crippen LogP contribution in [-0.4, -0.2) is 63.1 Å². The summed E-state index contributed by atoms with van der Waals surface area (Å²) in [6.45, 7) is 6.82. The van der Waals surface area contributed by atoms with Gasteiger partial charge in [-0.2, -0.15) is 14.6 Å². The monoisotopic (exact) mass is 611 g/mol. The summed E-state index contributed by atoms with van der Waals surface area (Å²) in [7, 11) is 0. The van der Waals surface area contributed by atoms with Crippen molar-refractivity contribution >= 4 is 40.6 Å². The molecule has 42 heavy (non-hydrogen) atoms. The number of aromatic nitrogens is 3. The highest BCUT2D eigenvalue weighted by molar-refractivity contribution is 6.33. The van der Waals surface area contributed by atoms with Gasteiger partial charge in [0.25, 0.3) is 0 Å². The fourth-order valence-electron chi connectivity index (χ4n) is 5.11. The lowest BCUT2D eigenvalue weighted by atomic mass is 9.90. The Morgan fingerprint density at radius 1 is 1.12 bits per heavy atom. The first-order valence-electron chi connectivity index (χ1n) is 14.0. The van der Waals surface area contributed by atoms with Gasteiger partial charge in [-0.3, -0.25) is 4.79 Å². The van der Waals surface area contributed by atoms with Crippen LogP contribution >= 0.6 is 23.2 Å². The average Bonchev–Trinajstić information content (AvgIpc) is 3.34. The lowest BCUT2D eigenvalue weighted by Gasteiger charge is -2.40. The van der Waals surface area contributed by atoms with Gasteiger partial charge in [0.15, 0.2) is 5.65 Å². The van der Waals surface area contributed by atoms with E-state index in [1.54, 1.807) is 24.4 Å². The van der Waals surface area contributed by atoms with Crippen molar-refractivity contribution in [2.24, 2.45) is 5.73 Å². The summed E-state index contributed by atoms with van der Waals surface area (Å²) in [5, 5.41) is 16.6. The number of nitrogens with zero attached hydrogens (tertiary/aromatic N) is 4. The minimum Gasteiger partial charge on any atom is -0.474 e. The lowest BCUT2D eigenvalue weighted by molar-refractivity contribution is -0.147. The van der Waals surface area contributed by atoms with E-state index in [0.717, 1.165) is 23.1 Å². The highest BCUT2D eigenvalue weighted by atomic mass is 35.5. The third-order valence-electron chi connectivity index (χ3n) is 7.31. The van der Waals surface area contributed by atoms with E-state index in [2.05, 4.69) is 4.90 Å². The molecule has 0 radical (unpaired) electrons. The van der Waals surface area contributed by atoms with E-state index in [-0.39, 0.29) is 6.61 Å². The van der Waals surface area contributed by atoms with Crippen molar-refractivity contribution in [1.82, 2.24) is 14.6 Å². The van der Waals surface area contributed by atoms with Crippen molar-refractivity contribution in [2.45, 2.75) is 51.2 Å². The van der Waals surface area contributed by atoms with E-state index in [0.29, 0.717) is 65.6 Å². The van der Waals surface area contributed by atoms with Crippen LogP contribution in [0.25, 0.3) is 28.0 Å². The normalized spacial score (nSPS) is 15.2. The molecule has 2 aromatic heterocycles. The van der Waals surface area contributed by atoms with Crippen molar-refractivity contribution in [1.29, 1.82) is 0 Å². The third kappa shape index (κ3) is 6.20. The molecule has 0 aliphatic carbocycles. The maximum absolute atomic E-state index is 12.5. The first kappa shape index (κ1) is 30.1. The molecule has 2 aromatic carbocycles. The molecular weight excluding hydrogens is 577 g/mol. The summed E-state index contributed by atoms with van der Waals surface area (Å²) in [5.74, 6) is 0.594. The number of benzene rings is 2. The quantitative estimate of drug-likeness (QED) is 0.234. The summed E-state index contributed by atoms with van der Waals surface area (Å²) < 4.78 is 13.8. The molecule has 1 saturated heterocycles. The van der Waals surface area contributed by atoms with Gasteiger partial charge >= 0.3 is 0 Å². The van der Waals surface area contributed by atoms with E-state index in [1.807, 2.05) is 55.5 Å². The molecule has 0 saturated carbocycles. The summed E-state index contributed by atoms with van der Waals surface area (Å²) >= 11 is 12.9. The predicted octanol–water partition coefficient (Wildman–Crippen LogP) is 5.77. The van der Waals surface area contributed by atoms with E-state index >= 15 is 0 Å². The highest BCUT2D eigenvalue weighted by Crippen LogP contribution is 2.41. The molecule has 0 atom stereocenters. The summed E-state index contributed by atoms with van der Waals surface area (Å²) in [6.07, 6.45) is 1.64. The Morgan fingerprint density at radius 2 is 1.81 bits per heavy atom. The Kier molecular flexibility index (Phi) is 8.66. The Bertz CT molecular complexity index is 1570. The van der Waals surface area contributed by atoms with Crippen LogP contribution in [0.15, 0.2) is 54.6 Å². The Labute approximate surface area is 255 Å². The molecule has 0 bridgehead atoms. The second-order valence-corrected chi connectivity index (χ2v) is 12.0. The standard InChI is InChI=1S/C31H35Cl2N5O4/c1-4-17-42-31(29(34)39)13-15-37(16-14-31)25-18-24(41-19-30(2,3)40)35-28-26(20-9-11-21(32)12-10-20)27(36-38(25)28)22-7-5-6-8-23(22)33/h5-12,18,40H,4,13-17,19H2,1-3H3,(H2,34,39). The molecule has 0 spiro atoms. The van der Waals surface area contributed by atoms with Crippen LogP contribution in [0.2, 0.25) is 10.0 Å². The molecule has 1 aliphatic heterocycles. The smallest absolute Gasteiger partial charge is 0.249 e. The number of aliphatic hydroxyl groups is 1. The number of piperidine rings is 1. The van der Waals surface area contributed by atoms with E-state index in [9.17, 15) is 9.90 Å². The van der Waals surface area contributed by atoms with Gasteiger partial charge in [-0.25, -0.2) is 0 Å². The molecule has 1 aliphatic rings. The van der Waals surface area contributed by atoms with Crippen molar-refractivity contribution in [2.75, 3.05) is 31.2 Å². The van der Waals surface area contributed by atoms with E-state index < -0.39 is 17.1 Å². The Balaban J connectivity index is 1.68. The second-order valence-electron chi connectivity index (χ2n) is 11.2. The number of hydrogen-bond acceptors (Lipinski definition) is 7. The van der Waals surface area contributed by atoms with Gasteiger partial charge in [0, 0.05) is 49.2 Å². The maximum Gasteiger partial charge on any atom is 0.249 e. The average molecular weight is 613 g/mol. The molecule has 1 amide bonds.